The second-order valence-corrected chi connectivity index (χ2v) is 5.84. The Morgan fingerprint density at radius 1 is 1.58 bits per heavy atom. The first-order valence-electron chi connectivity index (χ1n) is 6.83. The number of nitrogens with one attached hydrogen (secondary N) is 2. The zero-order chi connectivity index (χ0) is 13.5. The van der Waals surface area contributed by atoms with Crippen molar-refractivity contribution < 1.29 is 9.53 Å². The lowest BCUT2D eigenvalue weighted by Crippen LogP contribution is -2.51. The fourth-order valence-corrected chi connectivity index (χ4v) is 2.59. The van der Waals surface area contributed by atoms with Gasteiger partial charge in [-0.25, -0.2) is 0 Å². The SMILES string of the molecule is CC1(NC(=O)c2n[nH]c(C3CC3)c2N)CCCOC1. The number of aromatic amines is 1. The molecule has 0 radical (unpaired) electrons. The number of anilines is 1. The summed E-state index contributed by atoms with van der Waals surface area (Å²) in [7, 11) is 0. The van der Waals surface area contributed by atoms with Gasteiger partial charge in [0, 0.05) is 12.5 Å². The molecule has 4 N–H and O–H groups in total. The van der Waals surface area contributed by atoms with Gasteiger partial charge < -0.3 is 15.8 Å². The molecule has 19 heavy (non-hydrogen) atoms. The van der Waals surface area contributed by atoms with Gasteiger partial charge in [0.25, 0.3) is 5.91 Å². The summed E-state index contributed by atoms with van der Waals surface area (Å²) >= 11 is 0. The third-order valence-electron chi connectivity index (χ3n) is 3.89. The molecule has 3 rings (SSSR count). The van der Waals surface area contributed by atoms with Crippen LogP contribution in [0.3, 0.4) is 0 Å². The molecule has 1 aromatic heterocycles. The van der Waals surface area contributed by atoms with Gasteiger partial charge in [0.15, 0.2) is 5.69 Å². The molecule has 1 amide bonds. The lowest BCUT2D eigenvalue weighted by atomic mass is 9.94. The van der Waals surface area contributed by atoms with Gasteiger partial charge in [-0.1, -0.05) is 0 Å². The number of rotatable bonds is 3. The van der Waals surface area contributed by atoms with Crippen molar-refractivity contribution in [1.82, 2.24) is 15.5 Å². The van der Waals surface area contributed by atoms with E-state index in [0.29, 0.717) is 23.9 Å². The zero-order valence-corrected chi connectivity index (χ0v) is 11.2. The first-order valence-corrected chi connectivity index (χ1v) is 6.83. The fourth-order valence-electron chi connectivity index (χ4n) is 2.59. The highest BCUT2D eigenvalue weighted by Gasteiger charge is 2.33. The number of hydrogen-bond acceptors (Lipinski definition) is 4. The molecule has 0 bridgehead atoms. The number of hydrogen-bond donors (Lipinski definition) is 3. The fraction of sp³-hybridized carbons (Fsp3) is 0.692. The first kappa shape index (κ1) is 12.5. The van der Waals surface area contributed by atoms with Gasteiger partial charge in [-0.3, -0.25) is 9.89 Å². The summed E-state index contributed by atoms with van der Waals surface area (Å²) in [6.45, 7) is 3.30. The van der Waals surface area contributed by atoms with Crippen LogP contribution in [0.1, 0.15) is 54.7 Å². The highest BCUT2D eigenvalue weighted by atomic mass is 16.5. The van der Waals surface area contributed by atoms with E-state index in [1.807, 2.05) is 6.92 Å². The van der Waals surface area contributed by atoms with Crippen molar-refractivity contribution in [3.63, 3.8) is 0 Å². The van der Waals surface area contributed by atoms with Crippen LogP contribution in [-0.4, -0.2) is 34.9 Å². The van der Waals surface area contributed by atoms with Gasteiger partial charge >= 0.3 is 0 Å². The summed E-state index contributed by atoms with van der Waals surface area (Å²) in [4.78, 5) is 12.3. The molecule has 0 aromatic carbocycles. The number of aromatic nitrogens is 2. The molecule has 1 atom stereocenters. The molecule has 1 saturated carbocycles. The van der Waals surface area contributed by atoms with Gasteiger partial charge in [-0.15, -0.1) is 0 Å². The van der Waals surface area contributed by atoms with Crippen molar-refractivity contribution in [3.05, 3.63) is 11.4 Å². The summed E-state index contributed by atoms with van der Waals surface area (Å²) in [5.74, 6) is 0.247. The number of ether oxygens (including phenoxy) is 1. The molecular formula is C13H20N4O2. The van der Waals surface area contributed by atoms with E-state index >= 15 is 0 Å². The van der Waals surface area contributed by atoms with E-state index in [2.05, 4.69) is 15.5 Å². The van der Waals surface area contributed by atoms with Crippen LogP contribution in [0.4, 0.5) is 5.69 Å². The molecule has 1 aromatic rings. The maximum absolute atomic E-state index is 12.3. The number of nitrogens with two attached hydrogens (primary N) is 1. The van der Waals surface area contributed by atoms with E-state index in [1.165, 1.54) is 0 Å². The Bertz CT molecular complexity index is 487. The highest BCUT2D eigenvalue weighted by Crippen LogP contribution is 2.42. The monoisotopic (exact) mass is 264 g/mol. The number of carbonyl (C=O) groups is 1. The maximum Gasteiger partial charge on any atom is 0.274 e. The lowest BCUT2D eigenvalue weighted by Gasteiger charge is -2.34. The summed E-state index contributed by atoms with van der Waals surface area (Å²) in [6, 6.07) is 0. The Morgan fingerprint density at radius 3 is 3.00 bits per heavy atom. The number of amides is 1. The van der Waals surface area contributed by atoms with E-state index in [4.69, 9.17) is 10.5 Å². The number of H-pyrrole nitrogens is 1. The molecule has 1 aliphatic heterocycles. The summed E-state index contributed by atoms with van der Waals surface area (Å²) in [5.41, 5.74) is 7.41. The minimum atomic E-state index is -0.319. The Kier molecular flexibility index (Phi) is 2.97. The van der Waals surface area contributed by atoms with Crippen LogP contribution < -0.4 is 11.1 Å². The summed E-state index contributed by atoms with van der Waals surface area (Å²) < 4.78 is 5.43. The minimum absolute atomic E-state index is 0.214. The molecule has 0 spiro atoms. The predicted octanol–water partition coefficient (Wildman–Crippen LogP) is 1.17. The minimum Gasteiger partial charge on any atom is -0.395 e. The van der Waals surface area contributed by atoms with Crippen LogP contribution in [0.5, 0.6) is 0 Å². The van der Waals surface area contributed by atoms with Gasteiger partial charge in [0.1, 0.15) is 0 Å². The van der Waals surface area contributed by atoms with E-state index < -0.39 is 0 Å². The Balaban J connectivity index is 1.73. The largest absolute Gasteiger partial charge is 0.395 e. The van der Waals surface area contributed by atoms with Gasteiger partial charge in [0.2, 0.25) is 0 Å². The van der Waals surface area contributed by atoms with Crippen LogP contribution in [0.15, 0.2) is 0 Å². The van der Waals surface area contributed by atoms with Crippen molar-refractivity contribution in [2.24, 2.45) is 0 Å². The Labute approximate surface area is 112 Å². The van der Waals surface area contributed by atoms with Crippen molar-refractivity contribution in [3.8, 4) is 0 Å². The van der Waals surface area contributed by atoms with Crippen molar-refractivity contribution in [1.29, 1.82) is 0 Å². The quantitative estimate of drug-likeness (QED) is 0.764. The average molecular weight is 264 g/mol. The number of carbonyl (C=O) groups excluding carboxylic acids is 1. The van der Waals surface area contributed by atoms with Gasteiger partial charge in [-0.05, 0) is 32.6 Å². The summed E-state index contributed by atoms with van der Waals surface area (Å²) in [5, 5.41) is 9.97. The maximum atomic E-state index is 12.3. The third-order valence-corrected chi connectivity index (χ3v) is 3.89. The second-order valence-electron chi connectivity index (χ2n) is 5.84. The predicted molar refractivity (Wildman–Crippen MR) is 70.9 cm³/mol. The molecule has 1 unspecified atom stereocenters. The van der Waals surface area contributed by atoms with Crippen LogP contribution in [0.25, 0.3) is 0 Å². The van der Waals surface area contributed by atoms with Crippen LogP contribution in [-0.2, 0) is 4.74 Å². The molecule has 6 nitrogen and oxygen atoms in total. The summed E-state index contributed by atoms with van der Waals surface area (Å²) in [6.07, 6.45) is 4.12. The van der Waals surface area contributed by atoms with Crippen LogP contribution in [0.2, 0.25) is 0 Å². The lowest BCUT2D eigenvalue weighted by molar-refractivity contribution is 0.0271. The van der Waals surface area contributed by atoms with E-state index in [0.717, 1.165) is 38.0 Å². The van der Waals surface area contributed by atoms with Crippen molar-refractivity contribution >= 4 is 11.6 Å². The van der Waals surface area contributed by atoms with E-state index in [1.54, 1.807) is 0 Å². The normalized spacial score (nSPS) is 27.2. The molecule has 1 aliphatic carbocycles. The highest BCUT2D eigenvalue weighted by molar-refractivity contribution is 5.98. The van der Waals surface area contributed by atoms with Gasteiger partial charge in [0.05, 0.1) is 23.5 Å². The second kappa shape index (κ2) is 4.52. The molecule has 6 heteroatoms. The smallest absolute Gasteiger partial charge is 0.274 e. The first-order chi connectivity index (χ1) is 9.09. The molecule has 1 saturated heterocycles. The van der Waals surface area contributed by atoms with E-state index in [9.17, 15) is 4.79 Å². The molecule has 2 aliphatic rings. The van der Waals surface area contributed by atoms with Crippen LogP contribution in [0, 0.1) is 0 Å². The standard InChI is InChI=1S/C13H20N4O2/c1-13(5-2-6-19-7-13)15-12(18)11-9(14)10(16-17-11)8-3-4-8/h8H,2-7,14H2,1H3,(H,15,18)(H,16,17). The molecule has 2 heterocycles. The molecule has 2 fully saturated rings. The number of nitrogen functional groups attached to an aromatic ring is 1. The zero-order valence-electron chi connectivity index (χ0n) is 11.2. The van der Waals surface area contributed by atoms with Crippen molar-refractivity contribution in [2.45, 2.75) is 44.1 Å². The molecular weight excluding hydrogens is 244 g/mol. The van der Waals surface area contributed by atoms with Crippen molar-refractivity contribution in [2.75, 3.05) is 18.9 Å². The average Bonchev–Trinajstić information content (AvgIpc) is 3.13. The van der Waals surface area contributed by atoms with Gasteiger partial charge in [-0.2, -0.15) is 5.10 Å². The third kappa shape index (κ3) is 2.45. The Morgan fingerprint density at radius 2 is 2.37 bits per heavy atom. The van der Waals surface area contributed by atoms with Crippen LogP contribution >= 0.6 is 0 Å². The Hall–Kier alpha value is -1.56. The molecule has 104 valence electrons. The number of nitrogens with zero attached hydrogens (tertiary/aromatic N) is 1. The van der Waals surface area contributed by atoms with E-state index in [-0.39, 0.29) is 11.4 Å². The topological polar surface area (TPSA) is 93.0 Å².